The predicted molar refractivity (Wildman–Crippen MR) is 220 cm³/mol. The molecule has 5 heterocycles. The number of rotatable bonds is 20. The second kappa shape index (κ2) is 18.9. The van der Waals surface area contributed by atoms with Crippen LogP contribution in [0.4, 0.5) is 0 Å². The van der Waals surface area contributed by atoms with Crippen LogP contribution in [0.3, 0.4) is 0 Å². The van der Waals surface area contributed by atoms with E-state index in [1.54, 1.807) is 13.8 Å². The fourth-order valence-electron chi connectivity index (χ4n) is 9.96. The molecular weight excluding hydrogens is 887 g/mol. The van der Waals surface area contributed by atoms with Gasteiger partial charge in [-0.1, -0.05) is 49.6 Å². The van der Waals surface area contributed by atoms with E-state index < -0.39 is 133 Å². The SMILES string of the molecule is C[C@@]1(CC(=O)O)C2=NC(=C1CCC(=O)O)C[C@]1(C)[N-]/C(=C\C3=NC(=C4\[N-]/C(=C\2)[C@@H](CCC(=O)O)[C@]4(C)CC(=O)O)/[C@H](CC(=O)O)[C@@]3(C)CCC(=O)O)C(CCC(=O)O)=C1CC(=O)O.[Co]. The second-order valence-corrected chi connectivity index (χ2v) is 17.6. The molecular formula is C43H50CoN4O16-2. The zero-order chi connectivity index (χ0) is 47.0. The molecule has 0 saturated carbocycles. The minimum atomic E-state index is -1.63. The fraction of sp³-hybridized carbons (Fsp3) is 0.535. The van der Waals surface area contributed by atoms with E-state index in [0.29, 0.717) is 0 Å². The van der Waals surface area contributed by atoms with E-state index in [9.17, 15) is 79.2 Å². The molecule has 1 radical (unpaired) electrons. The minimum Gasteiger partial charge on any atom is -0.675 e. The molecule has 0 aromatic carbocycles. The van der Waals surface area contributed by atoms with Crippen LogP contribution < -0.4 is 0 Å². The van der Waals surface area contributed by atoms with Gasteiger partial charge < -0.3 is 51.5 Å². The molecule has 1 fully saturated rings. The van der Waals surface area contributed by atoms with E-state index in [-0.39, 0.29) is 106 Å². The van der Waals surface area contributed by atoms with Crippen molar-refractivity contribution in [1.82, 2.24) is 0 Å². The third-order valence-corrected chi connectivity index (χ3v) is 13.1. The van der Waals surface area contributed by atoms with Crippen molar-refractivity contribution in [2.45, 2.75) is 117 Å². The molecule has 64 heavy (non-hydrogen) atoms. The Morgan fingerprint density at radius 3 is 1.78 bits per heavy atom. The van der Waals surface area contributed by atoms with Gasteiger partial charge in [0.05, 0.1) is 25.7 Å². The van der Waals surface area contributed by atoms with Crippen LogP contribution in [0.1, 0.15) is 111 Å². The molecule has 0 aliphatic carbocycles. The average Bonchev–Trinajstić information content (AvgIpc) is 3.73. The van der Waals surface area contributed by atoms with E-state index >= 15 is 0 Å². The second-order valence-electron chi connectivity index (χ2n) is 17.6. The zero-order valence-electron chi connectivity index (χ0n) is 35.5. The molecule has 20 nitrogen and oxygen atoms in total. The van der Waals surface area contributed by atoms with Gasteiger partial charge in [-0.05, 0) is 55.9 Å². The Morgan fingerprint density at radius 1 is 0.641 bits per heavy atom. The van der Waals surface area contributed by atoms with Gasteiger partial charge in [0.25, 0.3) is 0 Å². The third kappa shape index (κ3) is 10.1. The third-order valence-electron chi connectivity index (χ3n) is 13.1. The molecule has 5 aliphatic heterocycles. The maximum Gasteiger partial charge on any atom is 0.307 e. The van der Waals surface area contributed by atoms with Crippen molar-refractivity contribution in [3.8, 4) is 0 Å². The van der Waals surface area contributed by atoms with Crippen molar-refractivity contribution >= 4 is 59.2 Å². The number of carboxylic acid groups (broad SMARTS) is 8. The summed E-state index contributed by atoms with van der Waals surface area (Å²) in [5, 5.41) is 90.7. The molecule has 1 saturated heterocycles. The summed E-state index contributed by atoms with van der Waals surface area (Å²) in [5.74, 6) is -12.5. The van der Waals surface area contributed by atoms with Gasteiger partial charge in [-0.3, -0.25) is 48.3 Å². The maximum absolute atomic E-state index is 12.8. The Kier molecular flexibility index (Phi) is 15.0. The van der Waals surface area contributed by atoms with E-state index in [4.69, 9.17) is 20.6 Å². The summed E-state index contributed by atoms with van der Waals surface area (Å²) in [6.45, 7) is 6.19. The molecule has 21 heteroatoms. The fourth-order valence-corrected chi connectivity index (χ4v) is 9.96. The van der Waals surface area contributed by atoms with Crippen LogP contribution in [0.25, 0.3) is 10.6 Å². The number of aliphatic carboxylic acids is 8. The Bertz CT molecular complexity index is 2310. The van der Waals surface area contributed by atoms with Gasteiger partial charge in [-0.25, -0.2) is 0 Å². The van der Waals surface area contributed by atoms with Gasteiger partial charge in [-0.15, -0.1) is 11.4 Å². The maximum atomic E-state index is 12.8. The van der Waals surface area contributed by atoms with E-state index in [1.807, 2.05) is 0 Å². The first kappa shape index (κ1) is 50.6. The summed E-state index contributed by atoms with van der Waals surface area (Å²) in [5.41, 5.74) is -5.32. The molecule has 5 rings (SSSR count). The monoisotopic (exact) mass is 937 g/mol. The van der Waals surface area contributed by atoms with Crippen LogP contribution in [-0.4, -0.2) is 106 Å². The molecule has 0 unspecified atom stereocenters. The predicted octanol–water partition coefficient (Wildman–Crippen LogP) is 5.97. The molecule has 0 aromatic rings. The molecule has 0 spiro atoms. The van der Waals surface area contributed by atoms with Crippen molar-refractivity contribution in [3.63, 3.8) is 0 Å². The quantitative estimate of drug-likeness (QED) is 0.0697. The molecule has 5 aliphatic rings. The summed E-state index contributed by atoms with van der Waals surface area (Å²) in [7, 11) is 0. The number of nitrogens with zero attached hydrogens (tertiary/aromatic N) is 4. The standard InChI is InChI=1S/C43H52N4O16.Co/c1-40(12-11-33(54)55)24(14-35(58)59)38-39-42(3,19-37(62)63)21(6-9-31(50)51)26(45-39)16-29-41(2,18-36(60)61)22(7-10-32(52)53)27(44-29)17-43(4)23(13-34(56)57)20(5-8-30(48)49)25(47-43)15-28(40)46-38;/h15-16,21,24H,5-14,17-19H2,1-4H3,(H10,44,45,46,47,48,49,50,51,52,53,54,55,56,57,58,59,60,61,62,63);/p-2/b39-38-;/t21-,24+,40-,41+,42+,43+;/m1./s1. The van der Waals surface area contributed by atoms with Gasteiger partial charge in [0.1, 0.15) is 0 Å². The normalized spacial score (nSPS) is 30.8. The summed E-state index contributed by atoms with van der Waals surface area (Å²) >= 11 is 0. The number of fused-ring (bicyclic) bond motifs is 6. The van der Waals surface area contributed by atoms with Crippen LogP contribution in [0.2, 0.25) is 0 Å². The Hall–Kier alpha value is -6.09. The van der Waals surface area contributed by atoms with Gasteiger partial charge in [0.2, 0.25) is 0 Å². The van der Waals surface area contributed by atoms with Gasteiger partial charge in [0, 0.05) is 82.0 Å². The van der Waals surface area contributed by atoms with Gasteiger partial charge >= 0.3 is 47.8 Å². The largest absolute Gasteiger partial charge is 0.675 e. The van der Waals surface area contributed by atoms with Crippen molar-refractivity contribution in [2.75, 3.05) is 0 Å². The van der Waals surface area contributed by atoms with Gasteiger partial charge in [-0.2, -0.15) is 5.70 Å². The molecule has 0 amide bonds. The molecule has 349 valence electrons. The Morgan fingerprint density at radius 2 is 1.23 bits per heavy atom. The molecule has 8 bridgehead atoms. The first-order valence-corrected chi connectivity index (χ1v) is 20.2. The summed E-state index contributed by atoms with van der Waals surface area (Å²) in [6, 6.07) is 0. The van der Waals surface area contributed by atoms with Crippen LogP contribution >= 0.6 is 0 Å². The smallest absolute Gasteiger partial charge is 0.307 e. The number of carbonyl (C=O) groups is 8. The number of hydrogen-bond acceptors (Lipinski definition) is 10. The number of carboxylic acids is 8. The minimum absolute atomic E-state index is 0. The topological polar surface area (TPSA) is 351 Å². The average molecular weight is 938 g/mol. The zero-order valence-corrected chi connectivity index (χ0v) is 36.5. The van der Waals surface area contributed by atoms with Crippen molar-refractivity contribution in [1.29, 1.82) is 0 Å². The summed E-state index contributed by atoms with van der Waals surface area (Å²) < 4.78 is 0. The first-order valence-electron chi connectivity index (χ1n) is 20.2. The molecule has 6 atom stereocenters. The van der Waals surface area contributed by atoms with Crippen LogP contribution in [0.15, 0.2) is 67.3 Å². The first-order chi connectivity index (χ1) is 29.2. The van der Waals surface area contributed by atoms with E-state index in [0.717, 1.165) is 0 Å². The van der Waals surface area contributed by atoms with E-state index in [1.165, 1.54) is 26.0 Å². The number of hydrogen-bond donors (Lipinski definition) is 8. The number of aliphatic imine (C=N–C) groups is 2. The Balaban J connectivity index is 0.00000898. The molecule has 8 N–H and O–H groups in total. The number of allylic oxidation sites excluding steroid dienone is 7. The van der Waals surface area contributed by atoms with Crippen molar-refractivity contribution < 1.29 is 96.0 Å². The van der Waals surface area contributed by atoms with Crippen molar-refractivity contribution in [3.05, 3.63) is 68.0 Å². The van der Waals surface area contributed by atoms with Gasteiger partial charge in [0.15, 0.2) is 0 Å². The molecule has 0 aromatic heterocycles. The van der Waals surface area contributed by atoms with E-state index in [2.05, 4.69) is 0 Å². The van der Waals surface area contributed by atoms with Crippen LogP contribution in [0.5, 0.6) is 0 Å². The summed E-state index contributed by atoms with van der Waals surface area (Å²) in [6.07, 6.45) is -2.97. The van der Waals surface area contributed by atoms with Crippen molar-refractivity contribution in [2.24, 2.45) is 38.1 Å². The van der Waals surface area contributed by atoms with Crippen LogP contribution in [0, 0.1) is 28.1 Å². The summed E-state index contributed by atoms with van der Waals surface area (Å²) in [4.78, 5) is 109. The van der Waals surface area contributed by atoms with Crippen LogP contribution in [-0.2, 0) is 55.1 Å². The Labute approximate surface area is 376 Å².